The van der Waals surface area contributed by atoms with Crippen molar-refractivity contribution < 1.29 is 13.6 Å². The summed E-state index contributed by atoms with van der Waals surface area (Å²) in [4.78, 5) is 13.4. The smallest absolute Gasteiger partial charge is 0.239 e. The third-order valence-electron chi connectivity index (χ3n) is 3.31. The molecule has 1 N–H and O–H groups in total. The summed E-state index contributed by atoms with van der Waals surface area (Å²) in [5.74, 6) is -1.17. The second-order valence-corrected chi connectivity index (χ2v) is 4.66. The van der Waals surface area contributed by atoms with Crippen molar-refractivity contribution in [2.75, 3.05) is 13.6 Å². The molecule has 1 heterocycles. The van der Waals surface area contributed by atoms with Gasteiger partial charge in [0.25, 0.3) is 0 Å². The van der Waals surface area contributed by atoms with E-state index < -0.39 is 11.6 Å². The molecule has 2 rings (SSSR count). The van der Waals surface area contributed by atoms with Crippen LogP contribution in [0.3, 0.4) is 0 Å². The first kappa shape index (κ1) is 13.0. The molecule has 1 fully saturated rings. The maximum absolute atomic E-state index is 13.6. The molecule has 1 aromatic rings. The maximum Gasteiger partial charge on any atom is 0.239 e. The molecule has 1 aliphatic rings. The van der Waals surface area contributed by atoms with Gasteiger partial charge in [-0.15, -0.1) is 0 Å². The molecule has 1 aliphatic heterocycles. The van der Waals surface area contributed by atoms with Crippen molar-refractivity contribution in [3.63, 3.8) is 0 Å². The lowest BCUT2D eigenvalue weighted by Gasteiger charge is -2.19. The van der Waals surface area contributed by atoms with Gasteiger partial charge in [0.2, 0.25) is 5.91 Å². The number of nitrogens with zero attached hydrogens (tertiary/aromatic N) is 1. The van der Waals surface area contributed by atoms with Gasteiger partial charge in [0, 0.05) is 31.3 Å². The lowest BCUT2D eigenvalue weighted by molar-refractivity contribution is -0.128. The average molecular weight is 254 g/mol. The topological polar surface area (TPSA) is 32.3 Å². The summed E-state index contributed by atoms with van der Waals surface area (Å²) in [7, 11) is 1.74. The molecule has 2 unspecified atom stereocenters. The van der Waals surface area contributed by atoms with Gasteiger partial charge >= 0.3 is 0 Å². The molecule has 2 atom stereocenters. The van der Waals surface area contributed by atoms with Crippen LogP contribution in [-0.4, -0.2) is 30.4 Å². The van der Waals surface area contributed by atoms with Gasteiger partial charge in [-0.2, -0.15) is 0 Å². The fraction of sp³-hybridized carbons (Fsp3) is 0.462. The van der Waals surface area contributed by atoms with E-state index in [2.05, 4.69) is 5.32 Å². The average Bonchev–Trinajstić information content (AvgIpc) is 2.61. The Balaban J connectivity index is 2.08. The van der Waals surface area contributed by atoms with E-state index >= 15 is 0 Å². The molecule has 0 bridgehead atoms. The predicted molar refractivity (Wildman–Crippen MR) is 64.0 cm³/mol. The van der Waals surface area contributed by atoms with E-state index in [1.165, 1.54) is 12.1 Å². The molecule has 1 saturated heterocycles. The zero-order valence-electron chi connectivity index (χ0n) is 10.4. The maximum atomic E-state index is 13.6. The number of hydrogen-bond acceptors (Lipinski definition) is 2. The summed E-state index contributed by atoms with van der Waals surface area (Å²) in [6.07, 6.45) is 0.711. The molecule has 0 aromatic heterocycles. The van der Waals surface area contributed by atoms with Crippen molar-refractivity contribution >= 4 is 5.91 Å². The summed E-state index contributed by atoms with van der Waals surface area (Å²) in [5.41, 5.74) is 0.374. The number of hydrogen-bond donors (Lipinski definition) is 1. The van der Waals surface area contributed by atoms with Gasteiger partial charge in [0.15, 0.2) is 0 Å². The van der Waals surface area contributed by atoms with E-state index in [4.69, 9.17) is 0 Å². The summed E-state index contributed by atoms with van der Waals surface area (Å²) < 4.78 is 26.4. The second kappa shape index (κ2) is 5.02. The molecule has 0 aliphatic carbocycles. The van der Waals surface area contributed by atoms with Crippen molar-refractivity contribution in [3.05, 3.63) is 35.4 Å². The SMILES string of the molecule is CC(NC1CCN(C)C1=O)c1ccc(F)cc1F. The van der Waals surface area contributed by atoms with Crippen LogP contribution in [-0.2, 0) is 4.79 Å². The van der Waals surface area contributed by atoms with Gasteiger partial charge in [0.05, 0.1) is 6.04 Å². The molecule has 98 valence electrons. The fourth-order valence-corrected chi connectivity index (χ4v) is 2.22. The standard InChI is InChI=1S/C13H16F2N2O/c1-8(10-4-3-9(14)7-11(10)15)16-12-5-6-17(2)13(12)18/h3-4,7-8,12,16H,5-6H2,1-2H3. The zero-order valence-corrected chi connectivity index (χ0v) is 10.4. The van der Waals surface area contributed by atoms with Crippen LogP contribution >= 0.6 is 0 Å². The number of carbonyl (C=O) groups is 1. The van der Waals surface area contributed by atoms with Gasteiger partial charge in [-0.25, -0.2) is 8.78 Å². The summed E-state index contributed by atoms with van der Waals surface area (Å²) in [6.45, 7) is 2.47. The van der Waals surface area contributed by atoms with Crippen LogP contribution in [0.5, 0.6) is 0 Å². The monoisotopic (exact) mass is 254 g/mol. The third kappa shape index (κ3) is 2.51. The van der Waals surface area contributed by atoms with Crippen LogP contribution < -0.4 is 5.32 Å². The summed E-state index contributed by atoms with van der Waals surface area (Å²) >= 11 is 0. The van der Waals surface area contributed by atoms with E-state index in [9.17, 15) is 13.6 Å². The Morgan fingerprint density at radius 1 is 1.44 bits per heavy atom. The Morgan fingerprint density at radius 3 is 2.72 bits per heavy atom. The van der Waals surface area contributed by atoms with Crippen LogP contribution in [0.25, 0.3) is 0 Å². The number of likely N-dealkylation sites (N-methyl/N-ethyl adjacent to an activating group) is 1. The quantitative estimate of drug-likeness (QED) is 0.892. The molecule has 1 aromatic carbocycles. The van der Waals surface area contributed by atoms with E-state index in [1.807, 2.05) is 0 Å². The van der Waals surface area contributed by atoms with Crippen molar-refractivity contribution in [2.24, 2.45) is 0 Å². The van der Waals surface area contributed by atoms with Crippen LogP contribution in [0.2, 0.25) is 0 Å². The number of halogens is 2. The highest BCUT2D eigenvalue weighted by Gasteiger charge is 2.30. The lowest BCUT2D eigenvalue weighted by atomic mass is 10.1. The first-order chi connectivity index (χ1) is 8.49. The molecular formula is C13H16F2N2O. The Hall–Kier alpha value is -1.49. The molecule has 3 nitrogen and oxygen atoms in total. The lowest BCUT2D eigenvalue weighted by Crippen LogP contribution is -2.38. The minimum absolute atomic E-state index is 0.0179. The number of amides is 1. The Labute approximate surface area is 105 Å². The van der Waals surface area contributed by atoms with Gasteiger partial charge in [-0.1, -0.05) is 6.07 Å². The minimum Gasteiger partial charge on any atom is -0.344 e. The van der Waals surface area contributed by atoms with Crippen LogP contribution in [0.4, 0.5) is 8.78 Å². The van der Waals surface area contributed by atoms with E-state index in [0.29, 0.717) is 18.5 Å². The van der Waals surface area contributed by atoms with Gasteiger partial charge in [-0.05, 0) is 19.4 Å². The van der Waals surface area contributed by atoms with Crippen LogP contribution in [0.15, 0.2) is 18.2 Å². The first-order valence-electron chi connectivity index (χ1n) is 5.95. The van der Waals surface area contributed by atoms with Gasteiger partial charge < -0.3 is 4.90 Å². The van der Waals surface area contributed by atoms with Crippen molar-refractivity contribution in [3.8, 4) is 0 Å². The summed E-state index contributed by atoms with van der Waals surface area (Å²) in [6, 6.07) is 2.88. The number of rotatable bonds is 3. The number of carbonyl (C=O) groups excluding carboxylic acids is 1. The predicted octanol–water partition coefficient (Wildman–Crippen LogP) is 1.85. The van der Waals surface area contributed by atoms with Crippen molar-refractivity contribution in [1.29, 1.82) is 0 Å². The molecular weight excluding hydrogens is 238 g/mol. The number of nitrogens with one attached hydrogen (secondary N) is 1. The molecule has 18 heavy (non-hydrogen) atoms. The van der Waals surface area contributed by atoms with E-state index in [0.717, 1.165) is 6.07 Å². The molecule has 0 spiro atoms. The van der Waals surface area contributed by atoms with Crippen molar-refractivity contribution in [1.82, 2.24) is 10.2 Å². The van der Waals surface area contributed by atoms with E-state index in [1.54, 1.807) is 18.9 Å². The highest BCUT2D eigenvalue weighted by Crippen LogP contribution is 2.20. The zero-order chi connectivity index (χ0) is 13.3. The van der Waals surface area contributed by atoms with Crippen LogP contribution in [0, 0.1) is 11.6 Å². The largest absolute Gasteiger partial charge is 0.344 e. The normalized spacial score (nSPS) is 21.4. The van der Waals surface area contributed by atoms with E-state index in [-0.39, 0.29) is 18.0 Å². The number of likely N-dealkylation sites (tertiary alicyclic amines) is 1. The third-order valence-corrected chi connectivity index (χ3v) is 3.31. The Kier molecular flexibility index (Phi) is 3.61. The van der Waals surface area contributed by atoms with Crippen LogP contribution in [0.1, 0.15) is 24.9 Å². The second-order valence-electron chi connectivity index (χ2n) is 4.66. The fourth-order valence-electron chi connectivity index (χ4n) is 2.22. The van der Waals surface area contributed by atoms with Crippen molar-refractivity contribution in [2.45, 2.75) is 25.4 Å². The number of benzene rings is 1. The first-order valence-corrected chi connectivity index (χ1v) is 5.95. The Morgan fingerprint density at radius 2 is 2.17 bits per heavy atom. The molecule has 1 amide bonds. The summed E-state index contributed by atoms with van der Waals surface area (Å²) in [5, 5.41) is 3.08. The molecule has 5 heteroatoms. The minimum atomic E-state index is -0.597. The van der Waals surface area contributed by atoms with Gasteiger partial charge in [0.1, 0.15) is 11.6 Å². The van der Waals surface area contributed by atoms with Gasteiger partial charge in [-0.3, -0.25) is 10.1 Å². The highest BCUT2D eigenvalue weighted by molar-refractivity contribution is 5.83. The molecule has 0 saturated carbocycles. The molecule has 0 radical (unpaired) electrons. The highest BCUT2D eigenvalue weighted by atomic mass is 19.1. The Bertz CT molecular complexity index is 464.